The lowest BCUT2D eigenvalue weighted by Crippen LogP contribution is -2.08. The number of aliphatic hydroxyl groups excluding tert-OH is 1. The van der Waals surface area contributed by atoms with Crippen LogP contribution < -0.4 is 0 Å². The Labute approximate surface area is 118 Å². The summed E-state index contributed by atoms with van der Waals surface area (Å²) in [6, 6.07) is 4.21. The summed E-state index contributed by atoms with van der Waals surface area (Å²) in [5, 5.41) is 15.0. The van der Waals surface area contributed by atoms with Gasteiger partial charge >= 0.3 is 0 Å². The van der Waals surface area contributed by atoms with Crippen molar-refractivity contribution in [3.05, 3.63) is 38.8 Å². The number of aryl methyl sites for hydroxylation is 4. The highest BCUT2D eigenvalue weighted by Crippen LogP contribution is 2.28. The first-order valence-corrected chi connectivity index (χ1v) is 7.67. The third-order valence-corrected chi connectivity index (χ3v) is 4.40. The van der Waals surface area contributed by atoms with E-state index in [1.54, 1.807) is 11.3 Å². The summed E-state index contributed by atoms with van der Waals surface area (Å²) in [5.41, 5.74) is 3.28. The fourth-order valence-electron chi connectivity index (χ4n) is 2.42. The Balaban J connectivity index is 2.20. The van der Waals surface area contributed by atoms with Gasteiger partial charge in [0.05, 0.1) is 11.8 Å². The van der Waals surface area contributed by atoms with Gasteiger partial charge in [0.25, 0.3) is 0 Å². The van der Waals surface area contributed by atoms with Gasteiger partial charge in [-0.15, -0.1) is 11.3 Å². The number of hydrogen-bond acceptors (Lipinski definition) is 3. The van der Waals surface area contributed by atoms with Gasteiger partial charge in [0.15, 0.2) is 0 Å². The summed E-state index contributed by atoms with van der Waals surface area (Å²) in [6.07, 6.45) is 1.14. The van der Waals surface area contributed by atoms with Gasteiger partial charge in [0.1, 0.15) is 0 Å². The maximum absolute atomic E-state index is 10.4. The van der Waals surface area contributed by atoms with Crippen LogP contribution in [0, 0.1) is 13.8 Å². The second kappa shape index (κ2) is 5.88. The summed E-state index contributed by atoms with van der Waals surface area (Å²) in [4.78, 5) is 2.47. The number of rotatable bonds is 5. The van der Waals surface area contributed by atoms with E-state index < -0.39 is 6.10 Å². The molecule has 0 spiro atoms. The van der Waals surface area contributed by atoms with Crippen molar-refractivity contribution in [1.82, 2.24) is 9.78 Å². The molecule has 104 valence electrons. The molecule has 0 aliphatic heterocycles. The smallest absolute Gasteiger partial charge is 0.0856 e. The van der Waals surface area contributed by atoms with Crippen LogP contribution in [0.25, 0.3) is 0 Å². The summed E-state index contributed by atoms with van der Waals surface area (Å²) in [7, 11) is 0. The average molecular weight is 278 g/mol. The second-order valence-electron chi connectivity index (χ2n) is 4.88. The number of hydrogen-bond donors (Lipinski definition) is 1. The molecule has 0 radical (unpaired) electrons. The molecule has 2 aromatic heterocycles. The van der Waals surface area contributed by atoms with Crippen LogP contribution in [-0.2, 0) is 19.4 Å². The first kappa shape index (κ1) is 14.3. The van der Waals surface area contributed by atoms with Crippen molar-refractivity contribution in [3.8, 4) is 0 Å². The van der Waals surface area contributed by atoms with Crippen LogP contribution >= 0.6 is 11.3 Å². The number of aromatic nitrogens is 2. The van der Waals surface area contributed by atoms with E-state index in [9.17, 15) is 5.11 Å². The molecule has 0 bridgehead atoms. The number of nitrogens with zero attached hydrogens (tertiary/aromatic N) is 2. The van der Waals surface area contributed by atoms with Crippen molar-refractivity contribution in [2.24, 2.45) is 0 Å². The zero-order valence-electron chi connectivity index (χ0n) is 12.1. The van der Waals surface area contributed by atoms with Crippen LogP contribution in [0.3, 0.4) is 0 Å². The lowest BCUT2D eigenvalue weighted by Gasteiger charge is -2.11. The third-order valence-electron chi connectivity index (χ3n) is 3.42. The van der Waals surface area contributed by atoms with Crippen LogP contribution in [0.2, 0.25) is 0 Å². The molecule has 1 N–H and O–H groups in total. The highest BCUT2D eigenvalue weighted by Gasteiger charge is 2.16. The average Bonchev–Trinajstić information content (AvgIpc) is 2.92. The van der Waals surface area contributed by atoms with E-state index in [2.05, 4.69) is 44.9 Å². The zero-order valence-corrected chi connectivity index (χ0v) is 12.9. The van der Waals surface area contributed by atoms with E-state index in [0.717, 1.165) is 29.9 Å². The Morgan fingerprint density at radius 2 is 2.05 bits per heavy atom. The Morgan fingerprint density at radius 3 is 2.58 bits per heavy atom. The quantitative estimate of drug-likeness (QED) is 0.910. The predicted molar refractivity (Wildman–Crippen MR) is 79.7 cm³/mol. The van der Waals surface area contributed by atoms with Crippen LogP contribution in [0.5, 0.6) is 0 Å². The van der Waals surface area contributed by atoms with Gasteiger partial charge in [-0.05, 0) is 44.9 Å². The van der Waals surface area contributed by atoms with Crippen LogP contribution in [0.1, 0.15) is 46.7 Å². The number of thiophene rings is 1. The number of aliphatic hydroxyl groups is 1. The van der Waals surface area contributed by atoms with Gasteiger partial charge in [-0.1, -0.05) is 6.92 Å². The van der Waals surface area contributed by atoms with E-state index >= 15 is 0 Å². The molecule has 0 aliphatic carbocycles. The van der Waals surface area contributed by atoms with E-state index in [-0.39, 0.29) is 0 Å². The molecular weight excluding hydrogens is 256 g/mol. The molecule has 19 heavy (non-hydrogen) atoms. The topological polar surface area (TPSA) is 38.0 Å². The van der Waals surface area contributed by atoms with Crippen molar-refractivity contribution in [2.45, 2.75) is 53.2 Å². The van der Waals surface area contributed by atoms with Crippen LogP contribution in [0.4, 0.5) is 0 Å². The molecule has 0 amide bonds. The fourth-order valence-corrected chi connectivity index (χ4v) is 3.40. The Bertz CT molecular complexity index is 556. The summed E-state index contributed by atoms with van der Waals surface area (Å²) < 4.78 is 2.00. The normalized spacial score (nSPS) is 12.9. The molecular formula is C15H22N2OS. The van der Waals surface area contributed by atoms with Gasteiger partial charge in [-0.3, -0.25) is 4.68 Å². The van der Waals surface area contributed by atoms with E-state index in [1.165, 1.54) is 9.75 Å². The third kappa shape index (κ3) is 3.07. The molecule has 0 saturated heterocycles. The van der Waals surface area contributed by atoms with Crippen LogP contribution in [0.15, 0.2) is 12.1 Å². The van der Waals surface area contributed by atoms with Crippen LogP contribution in [-0.4, -0.2) is 14.9 Å². The van der Waals surface area contributed by atoms with E-state index in [4.69, 9.17) is 0 Å². The molecule has 1 atom stereocenters. The van der Waals surface area contributed by atoms with Gasteiger partial charge in [-0.25, -0.2) is 0 Å². The van der Waals surface area contributed by atoms with Crippen molar-refractivity contribution < 1.29 is 5.11 Å². The molecule has 0 aromatic carbocycles. The van der Waals surface area contributed by atoms with Crippen molar-refractivity contribution >= 4 is 11.3 Å². The Morgan fingerprint density at radius 1 is 1.32 bits per heavy atom. The molecule has 0 fully saturated rings. The molecule has 1 unspecified atom stereocenters. The Hall–Kier alpha value is -1.13. The van der Waals surface area contributed by atoms with E-state index in [1.807, 2.05) is 4.68 Å². The minimum absolute atomic E-state index is 0.434. The first-order valence-electron chi connectivity index (χ1n) is 6.85. The molecule has 3 nitrogen and oxygen atoms in total. The van der Waals surface area contributed by atoms with Crippen molar-refractivity contribution in [2.75, 3.05) is 0 Å². The minimum atomic E-state index is -0.434. The van der Waals surface area contributed by atoms with Crippen molar-refractivity contribution in [3.63, 3.8) is 0 Å². The van der Waals surface area contributed by atoms with Gasteiger partial charge in [-0.2, -0.15) is 5.10 Å². The van der Waals surface area contributed by atoms with Gasteiger partial charge < -0.3 is 5.11 Å². The lowest BCUT2D eigenvalue weighted by molar-refractivity contribution is 0.175. The second-order valence-corrected chi connectivity index (χ2v) is 6.35. The van der Waals surface area contributed by atoms with Gasteiger partial charge in [0.2, 0.25) is 0 Å². The predicted octanol–water partition coefficient (Wildman–Crippen LogP) is 3.42. The largest absolute Gasteiger partial charge is 0.388 e. The molecule has 2 rings (SSSR count). The summed E-state index contributed by atoms with van der Waals surface area (Å²) in [6.45, 7) is 9.20. The molecule has 2 aromatic rings. The van der Waals surface area contributed by atoms with Crippen molar-refractivity contribution in [1.29, 1.82) is 0 Å². The Kier molecular flexibility index (Phi) is 4.42. The summed E-state index contributed by atoms with van der Waals surface area (Å²) in [5.74, 6) is 0. The molecule has 0 aliphatic rings. The van der Waals surface area contributed by atoms with Gasteiger partial charge in [0, 0.05) is 28.4 Å². The fraction of sp³-hybridized carbons (Fsp3) is 0.533. The molecule has 0 saturated carbocycles. The monoisotopic (exact) mass is 278 g/mol. The highest BCUT2D eigenvalue weighted by atomic mass is 32.1. The maximum Gasteiger partial charge on any atom is 0.0856 e. The molecule has 2 heterocycles. The standard InChI is InChI=1S/C15H22N2OS/c1-5-12-8-13(17(6-2)16-12)9-15(18)14-7-10(3)19-11(14)4/h7-8,15,18H,5-6,9H2,1-4H3. The first-order chi connectivity index (χ1) is 9.05. The zero-order chi connectivity index (χ0) is 14.0. The SMILES string of the molecule is CCc1cc(CC(O)c2cc(C)sc2C)n(CC)n1. The summed E-state index contributed by atoms with van der Waals surface area (Å²) >= 11 is 1.75. The minimum Gasteiger partial charge on any atom is -0.388 e. The van der Waals surface area contributed by atoms with E-state index in [0.29, 0.717) is 6.42 Å². The maximum atomic E-state index is 10.4. The lowest BCUT2D eigenvalue weighted by atomic mass is 10.1. The highest BCUT2D eigenvalue weighted by molar-refractivity contribution is 7.12. The molecule has 4 heteroatoms.